The lowest BCUT2D eigenvalue weighted by atomic mass is 10.2. The van der Waals surface area contributed by atoms with Crippen molar-refractivity contribution < 1.29 is 9.90 Å². The van der Waals surface area contributed by atoms with Gasteiger partial charge in [-0.25, -0.2) is 0 Å². The van der Waals surface area contributed by atoms with Gasteiger partial charge in [0.1, 0.15) is 0 Å². The molecule has 0 radical (unpaired) electrons. The predicted molar refractivity (Wildman–Crippen MR) is 47.8 cm³/mol. The third kappa shape index (κ3) is 3.69. The maximum Gasteiger partial charge on any atom is 0.237 e. The molecule has 0 rings (SSSR count). The van der Waals surface area contributed by atoms with Crippen LogP contribution in [-0.2, 0) is 4.79 Å². The van der Waals surface area contributed by atoms with Crippen molar-refractivity contribution in [3.05, 3.63) is 0 Å². The molecule has 0 fully saturated rings. The summed E-state index contributed by atoms with van der Waals surface area (Å²) in [4.78, 5) is 11.2. The number of nitrogens with one attached hydrogen (secondary N) is 2. The summed E-state index contributed by atoms with van der Waals surface area (Å²) in [6, 6.07) is -0.320. The van der Waals surface area contributed by atoms with E-state index in [2.05, 4.69) is 10.6 Å². The first-order valence-corrected chi connectivity index (χ1v) is 4.24. The molecule has 0 aromatic heterocycles. The van der Waals surface area contributed by atoms with Crippen molar-refractivity contribution in [1.29, 1.82) is 0 Å². The highest BCUT2D eigenvalue weighted by Crippen LogP contribution is 1.90. The third-order valence-electron chi connectivity index (χ3n) is 1.89. The summed E-state index contributed by atoms with van der Waals surface area (Å²) in [5.41, 5.74) is 0. The first kappa shape index (κ1) is 11.4. The van der Waals surface area contributed by atoms with E-state index in [9.17, 15) is 4.79 Å². The normalized spacial score (nSPS) is 15.3. The van der Waals surface area contributed by atoms with E-state index >= 15 is 0 Å². The van der Waals surface area contributed by atoms with E-state index in [-0.39, 0.29) is 24.6 Å². The topological polar surface area (TPSA) is 61.4 Å². The summed E-state index contributed by atoms with van der Waals surface area (Å²) in [5.74, 6) is -0.0709. The predicted octanol–water partition coefficient (Wildman–Crippen LogP) is -0.519. The van der Waals surface area contributed by atoms with Crippen molar-refractivity contribution in [2.24, 2.45) is 0 Å². The fourth-order valence-corrected chi connectivity index (χ4v) is 0.734. The van der Waals surface area contributed by atoms with Crippen LogP contribution in [0.4, 0.5) is 0 Å². The van der Waals surface area contributed by atoms with Gasteiger partial charge in [0.2, 0.25) is 5.91 Å². The lowest BCUT2D eigenvalue weighted by Gasteiger charge is -2.17. The van der Waals surface area contributed by atoms with Crippen LogP contribution in [0.15, 0.2) is 0 Å². The Morgan fingerprint density at radius 1 is 1.58 bits per heavy atom. The van der Waals surface area contributed by atoms with E-state index in [4.69, 9.17) is 5.11 Å². The molecule has 0 saturated carbocycles. The van der Waals surface area contributed by atoms with Gasteiger partial charge in [-0.15, -0.1) is 0 Å². The summed E-state index contributed by atoms with van der Waals surface area (Å²) >= 11 is 0. The van der Waals surface area contributed by atoms with Crippen LogP contribution in [-0.4, -0.2) is 36.8 Å². The molecule has 0 heterocycles. The molecule has 4 heteroatoms. The van der Waals surface area contributed by atoms with Crippen LogP contribution in [0.3, 0.4) is 0 Å². The van der Waals surface area contributed by atoms with Crippen molar-refractivity contribution >= 4 is 5.91 Å². The lowest BCUT2D eigenvalue weighted by molar-refractivity contribution is -0.123. The number of carbonyl (C=O) groups is 1. The highest BCUT2D eigenvalue weighted by Gasteiger charge is 2.13. The van der Waals surface area contributed by atoms with Crippen molar-refractivity contribution in [3.8, 4) is 0 Å². The molecule has 2 atom stereocenters. The van der Waals surface area contributed by atoms with E-state index in [1.54, 1.807) is 14.0 Å². The Morgan fingerprint density at radius 2 is 2.17 bits per heavy atom. The summed E-state index contributed by atoms with van der Waals surface area (Å²) in [5, 5.41) is 14.3. The second-order valence-corrected chi connectivity index (χ2v) is 2.81. The quantitative estimate of drug-likeness (QED) is 0.525. The first-order chi connectivity index (χ1) is 5.65. The summed E-state index contributed by atoms with van der Waals surface area (Å²) in [7, 11) is 1.73. The lowest BCUT2D eigenvalue weighted by Crippen LogP contribution is -2.46. The fraction of sp³-hybridized carbons (Fsp3) is 0.875. The Morgan fingerprint density at radius 3 is 2.50 bits per heavy atom. The fourth-order valence-electron chi connectivity index (χ4n) is 0.734. The molecule has 0 aliphatic heterocycles. The number of aliphatic hydroxyl groups excluding tert-OH is 1. The van der Waals surface area contributed by atoms with Crippen molar-refractivity contribution in [2.45, 2.75) is 32.4 Å². The second kappa shape index (κ2) is 5.97. The molecule has 0 saturated heterocycles. The molecule has 72 valence electrons. The summed E-state index contributed by atoms with van der Waals surface area (Å²) in [6.07, 6.45) is 0.749. The van der Waals surface area contributed by atoms with Crippen LogP contribution in [0.1, 0.15) is 20.3 Å². The monoisotopic (exact) mass is 174 g/mol. The molecule has 0 bridgehead atoms. The van der Waals surface area contributed by atoms with Crippen LogP contribution in [0.2, 0.25) is 0 Å². The van der Waals surface area contributed by atoms with Gasteiger partial charge in [0.05, 0.1) is 18.7 Å². The molecule has 3 N–H and O–H groups in total. The van der Waals surface area contributed by atoms with Gasteiger partial charge in [0.15, 0.2) is 0 Å². The number of hydrogen-bond donors (Lipinski definition) is 3. The van der Waals surface area contributed by atoms with Crippen LogP contribution in [0, 0.1) is 0 Å². The molecule has 4 nitrogen and oxygen atoms in total. The molecule has 0 aliphatic rings. The van der Waals surface area contributed by atoms with Gasteiger partial charge in [-0.3, -0.25) is 4.79 Å². The average molecular weight is 174 g/mol. The van der Waals surface area contributed by atoms with E-state index in [0.29, 0.717) is 0 Å². The molecule has 0 spiro atoms. The van der Waals surface area contributed by atoms with Crippen molar-refractivity contribution in [1.82, 2.24) is 10.6 Å². The minimum absolute atomic E-state index is 0.00132. The maximum atomic E-state index is 11.2. The average Bonchev–Trinajstić information content (AvgIpc) is 2.12. The minimum Gasteiger partial charge on any atom is -0.394 e. The van der Waals surface area contributed by atoms with E-state index in [1.807, 2.05) is 6.92 Å². The van der Waals surface area contributed by atoms with Gasteiger partial charge in [0, 0.05) is 0 Å². The first-order valence-electron chi connectivity index (χ1n) is 4.24. The zero-order chi connectivity index (χ0) is 9.56. The highest BCUT2D eigenvalue weighted by molar-refractivity contribution is 5.81. The molecule has 12 heavy (non-hydrogen) atoms. The number of carbonyl (C=O) groups excluding carboxylic acids is 1. The number of likely N-dealkylation sites (N-methyl/N-ethyl adjacent to an activating group) is 1. The molecule has 2 unspecified atom stereocenters. The number of aliphatic hydroxyl groups is 1. The van der Waals surface area contributed by atoms with Gasteiger partial charge in [-0.1, -0.05) is 6.92 Å². The Balaban J connectivity index is 3.81. The second-order valence-electron chi connectivity index (χ2n) is 2.81. The standard InChI is InChI=1S/C8H18N2O2/c1-4-7(5-11)10-8(12)6(2)9-3/h6-7,9,11H,4-5H2,1-3H3,(H,10,12). The molecular formula is C8H18N2O2. The molecule has 0 aromatic rings. The van der Waals surface area contributed by atoms with E-state index in [1.165, 1.54) is 0 Å². The van der Waals surface area contributed by atoms with Crippen LogP contribution in [0.25, 0.3) is 0 Å². The SMILES string of the molecule is CCC(CO)NC(=O)C(C)NC. The Bertz CT molecular complexity index is 135. The summed E-state index contributed by atoms with van der Waals surface area (Å²) < 4.78 is 0. The van der Waals surface area contributed by atoms with Gasteiger partial charge in [-0.2, -0.15) is 0 Å². The summed E-state index contributed by atoms with van der Waals surface area (Å²) in [6.45, 7) is 3.70. The molecule has 0 aliphatic carbocycles. The smallest absolute Gasteiger partial charge is 0.237 e. The number of amides is 1. The van der Waals surface area contributed by atoms with Gasteiger partial charge in [-0.05, 0) is 20.4 Å². The Labute approximate surface area is 73.3 Å². The van der Waals surface area contributed by atoms with Crippen LogP contribution in [0.5, 0.6) is 0 Å². The van der Waals surface area contributed by atoms with Crippen LogP contribution < -0.4 is 10.6 Å². The maximum absolute atomic E-state index is 11.2. The molecular weight excluding hydrogens is 156 g/mol. The van der Waals surface area contributed by atoms with E-state index < -0.39 is 0 Å². The molecule has 1 amide bonds. The Hall–Kier alpha value is -0.610. The van der Waals surface area contributed by atoms with Gasteiger partial charge in [0.25, 0.3) is 0 Å². The highest BCUT2D eigenvalue weighted by atomic mass is 16.3. The zero-order valence-corrected chi connectivity index (χ0v) is 7.92. The van der Waals surface area contributed by atoms with Crippen LogP contribution >= 0.6 is 0 Å². The largest absolute Gasteiger partial charge is 0.394 e. The minimum atomic E-state index is -0.203. The van der Waals surface area contributed by atoms with Crippen molar-refractivity contribution in [2.75, 3.05) is 13.7 Å². The van der Waals surface area contributed by atoms with E-state index in [0.717, 1.165) is 6.42 Å². The number of rotatable bonds is 5. The zero-order valence-electron chi connectivity index (χ0n) is 7.92. The Kier molecular flexibility index (Phi) is 5.66. The van der Waals surface area contributed by atoms with Gasteiger partial charge < -0.3 is 15.7 Å². The van der Waals surface area contributed by atoms with Gasteiger partial charge >= 0.3 is 0 Å². The third-order valence-corrected chi connectivity index (χ3v) is 1.89. The van der Waals surface area contributed by atoms with Crippen molar-refractivity contribution in [3.63, 3.8) is 0 Å². The number of hydrogen-bond acceptors (Lipinski definition) is 3. The molecule has 0 aromatic carbocycles.